The van der Waals surface area contributed by atoms with Crippen molar-refractivity contribution in [3.05, 3.63) is 108 Å². The molecule has 3 aromatic carbocycles. The Labute approximate surface area is 376 Å². The number of benzene rings is 3. The molecule has 1 fully saturated rings. The molecule has 0 unspecified atom stereocenters. The fraction of sp³-hybridized carbons (Fsp3) is 0.500. The van der Waals surface area contributed by atoms with Gasteiger partial charge in [0.2, 0.25) is 12.6 Å². The van der Waals surface area contributed by atoms with E-state index in [2.05, 4.69) is 18.0 Å². The lowest BCUT2D eigenvalue weighted by molar-refractivity contribution is -0.256. The number of rotatable bonds is 19. The number of aliphatic hydroxyl groups is 2. The van der Waals surface area contributed by atoms with Crippen LogP contribution in [0.25, 0.3) is 0 Å². The molecule has 7 rings (SSSR count). The number of ether oxygens (including phenoxy) is 6. The first-order valence-corrected chi connectivity index (χ1v) is 22.6. The molecular weight excluding hydrogens is 819 g/mol. The summed E-state index contributed by atoms with van der Waals surface area (Å²) < 4.78 is 37.6. The molecule has 0 spiro atoms. The molecule has 3 aromatic rings. The van der Waals surface area contributed by atoms with Crippen LogP contribution in [0, 0.1) is 17.8 Å². The van der Waals surface area contributed by atoms with Gasteiger partial charge in [0.15, 0.2) is 11.5 Å². The minimum absolute atomic E-state index is 0.00877. The van der Waals surface area contributed by atoms with E-state index in [0.717, 1.165) is 47.9 Å². The first kappa shape index (κ1) is 46.4. The molecule has 2 heterocycles. The number of carbonyl (C=O) groups is 2. The number of aliphatic hydroxyl groups excluding tert-OH is 2. The first-order chi connectivity index (χ1) is 31.0. The summed E-state index contributed by atoms with van der Waals surface area (Å²) >= 11 is 0. The zero-order valence-electron chi connectivity index (χ0n) is 37.5. The van der Waals surface area contributed by atoms with Crippen LogP contribution in [0.2, 0.25) is 0 Å². The van der Waals surface area contributed by atoms with Gasteiger partial charge in [0.05, 0.1) is 24.8 Å². The van der Waals surface area contributed by atoms with E-state index >= 15 is 0 Å². The zero-order chi connectivity index (χ0) is 45.3. The summed E-state index contributed by atoms with van der Waals surface area (Å²) in [6.45, 7) is 12.4. The van der Waals surface area contributed by atoms with E-state index in [4.69, 9.17) is 38.4 Å². The van der Waals surface area contributed by atoms with Crippen molar-refractivity contribution in [2.24, 2.45) is 22.9 Å². The van der Waals surface area contributed by atoms with Crippen LogP contribution in [-0.4, -0.2) is 83.7 Å². The molecule has 3 N–H and O–H groups in total. The average molecular weight is 882 g/mol. The quantitative estimate of drug-likeness (QED) is 0.0598. The summed E-state index contributed by atoms with van der Waals surface area (Å²) in [5.41, 5.74) is 3.41. The van der Waals surface area contributed by atoms with E-state index in [0.29, 0.717) is 48.1 Å². The molecule has 14 heteroatoms. The maximum Gasteiger partial charge on any atom is 0.412 e. The standard InChI is InChI=1S/C50H63N3O11/c1-6-25-61-50-44(53(48(57)58-7-2)31-34-19-21-42-43(26-34)60-32-59-42)29-40(52-64-49(3,4)5)38-27-35(17-11-13-23-54)37(18-12-14-24-55)45(46(38)50)39-28-36(20-22-41(39)63-50)62-47(56)51-30-33-15-9-8-10-16-33/h6,8-10,15-16,19-22,26-28,35,37,44-46,54-55H,1,7,11-14,17-18,23-25,29-32H2,2-5H3,(H,51,56)/t35-,37+,44-,45+,46+,50+/m0/s1. The van der Waals surface area contributed by atoms with Gasteiger partial charge in [-0.05, 0) is 112 Å². The molecule has 6 atom stereocenters. The highest BCUT2D eigenvalue weighted by Crippen LogP contribution is 2.62. The van der Waals surface area contributed by atoms with E-state index in [1.807, 2.05) is 81.4 Å². The van der Waals surface area contributed by atoms with Crippen LogP contribution in [0.15, 0.2) is 96.2 Å². The molecule has 2 aliphatic heterocycles. The van der Waals surface area contributed by atoms with Gasteiger partial charge in [-0.25, -0.2) is 9.59 Å². The number of nitrogens with one attached hydrogen (secondary N) is 1. The first-order valence-electron chi connectivity index (χ1n) is 22.6. The minimum atomic E-state index is -1.53. The smallest absolute Gasteiger partial charge is 0.412 e. The zero-order valence-corrected chi connectivity index (χ0v) is 37.5. The van der Waals surface area contributed by atoms with Gasteiger partial charge in [-0.3, -0.25) is 4.90 Å². The summed E-state index contributed by atoms with van der Waals surface area (Å²) in [5.74, 6) is -0.414. The summed E-state index contributed by atoms with van der Waals surface area (Å²) in [6, 6.07) is 19.8. The topological polar surface area (TPSA) is 167 Å². The SMILES string of the molecule is C=CCO[C@@]12Oc3ccc(OC(=O)NCc4ccccc4)cc3[C@H]3[C@H](CCCCO)[C@@H](CCCCO)C=C(C(=NOC(C)(C)C)C[C@@H]1N(Cc1ccc4c(c1)OCO4)C(=O)OCC)[C@H]32. The Bertz CT molecular complexity index is 2150. The second-order valence-corrected chi connectivity index (χ2v) is 17.7. The summed E-state index contributed by atoms with van der Waals surface area (Å²) in [6.07, 6.45) is 7.27. The van der Waals surface area contributed by atoms with Gasteiger partial charge in [-0.2, -0.15) is 0 Å². The van der Waals surface area contributed by atoms with Gasteiger partial charge in [-0.1, -0.05) is 66.5 Å². The van der Waals surface area contributed by atoms with Crippen molar-refractivity contribution >= 4 is 17.9 Å². The largest absolute Gasteiger partial charge is 0.459 e. The van der Waals surface area contributed by atoms with Gasteiger partial charge < -0.3 is 48.8 Å². The van der Waals surface area contributed by atoms with Crippen molar-refractivity contribution in [2.75, 3.05) is 33.2 Å². The Hall–Kier alpha value is -5.57. The van der Waals surface area contributed by atoms with Gasteiger partial charge in [0, 0.05) is 44.2 Å². The number of hydrogen-bond acceptors (Lipinski definition) is 12. The lowest BCUT2D eigenvalue weighted by atomic mass is 9.55. The molecule has 2 aliphatic carbocycles. The van der Waals surface area contributed by atoms with Gasteiger partial charge >= 0.3 is 12.2 Å². The number of hydrogen-bond donors (Lipinski definition) is 3. The molecular formula is C50H63N3O11. The van der Waals surface area contributed by atoms with Gasteiger partial charge in [-0.15, -0.1) is 6.58 Å². The van der Waals surface area contributed by atoms with Crippen LogP contribution in [0.3, 0.4) is 0 Å². The molecule has 344 valence electrons. The van der Waals surface area contributed by atoms with Crippen molar-refractivity contribution in [2.45, 2.75) is 109 Å². The van der Waals surface area contributed by atoms with Crippen LogP contribution in [-0.2, 0) is 27.4 Å². The Morgan fingerprint density at radius 1 is 0.953 bits per heavy atom. The lowest BCUT2D eigenvalue weighted by Gasteiger charge is -2.60. The van der Waals surface area contributed by atoms with E-state index in [-0.39, 0.29) is 63.9 Å². The predicted molar refractivity (Wildman–Crippen MR) is 240 cm³/mol. The number of fused-ring (bicyclic) bond motifs is 3. The molecule has 0 radical (unpaired) electrons. The third-order valence-electron chi connectivity index (χ3n) is 12.2. The van der Waals surface area contributed by atoms with Crippen molar-refractivity contribution in [1.29, 1.82) is 0 Å². The highest BCUT2D eigenvalue weighted by molar-refractivity contribution is 6.03. The maximum atomic E-state index is 14.5. The fourth-order valence-corrected chi connectivity index (χ4v) is 9.56. The summed E-state index contributed by atoms with van der Waals surface area (Å²) in [5, 5.41) is 27.7. The molecule has 64 heavy (non-hydrogen) atoms. The normalized spacial score (nSPS) is 23.5. The molecule has 4 aliphatic rings. The van der Waals surface area contributed by atoms with E-state index in [1.165, 1.54) is 0 Å². The van der Waals surface area contributed by atoms with E-state index in [9.17, 15) is 19.8 Å². The molecule has 0 aromatic heterocycles. The molecule has 1 saturated carbocycles. The van der Waals surface area contributed by atoms with Crippen LogP contribution >= 0.6 is 0 Å². The molecule has 0 bridgehead atoms. The number of allylic oxidation sites excluding steroid dienone is 1. The summed E-state index contributed by atoms with van der Waals surface area (Å²) in [4.78, 5) is 35.8. The monoisotopic (exact) mass is 881 g/mol. The fourth-order valence-electron chi connectivity index (χ4n) is 9.56. The van der Waals surface area contributed by atoms with Crippen LogP contribution in [0.5, 0.6) is 23.0 Å². The lowest BCUT2D eigenvalue weighted by Crippen LogP contribution is -2.70. The van der Waals surface area contributed by atoms with Crippen LogP contribution < -0.4 is 24.3 Å². The van der Waals surface area contributed by atoms with Crippen molar-refractivity contribution in [3.63, 3.8) is 0 Å². The molecule has 0 saturated heterocycles. The minimum Gasteiger partial charge on any atom is -0.459 e. The highest BCUT2D eigenvalue weighted by Gasteiger charge is 2.66. The Morgan fingerprint density at radius 3 is 2.44 bits per heavy atom. The number of unbranched alkanes of at least 4 members (excludes halogenated alkanes) is 2. The number of carbonyl (C=O) groups excluding carboxylic acids is 2. The maximum absolute atomic E-state index is 14.5. The van der Waals surface area contributed by atoms with Crippen LogP contribution in [0.4, 0.5) is 9.59 Å². The third kappa shape index (κ3) is 10.5. The second-order valence-electron chi connectivity index (χ2n) is 17.7. The van der Waals surface area contributed by atoms with E-state index in [1.54, 1.807) is 24.0 Å². The third-order valence-corrected chi connectivity index (χ3v) is 12.2. The highest BCUT2D eigenvalue weighted by atomic mass is 16.7. The number of nitrogens with zero attached hydrogens (tertiary/aromatic N) is 2. The average Bonchev–Trinajstić information content (AvgIpc) is 3.76. The Morgan fingerprint density at radius 2 is 1.70 bits per heavy atom. The van der Waals surface area contributed by atoms with Crippen molar-refractivity contribution < 1.29 is 53.1 Å². The van der Waals surface area contributed by atoms with Gasteiger partial charge in [0.25, 0.3) is 0 Å². The van der Waals surface area contributed by atoms with Gasteiger partial charge in [0.1, 0.15) is 23.1 Å². The summed E-state index contributed by atoms with van der Waals surface area (Å²) in [7, 11) is 0. The number of amides is 2. The Balaban J connectivity index is 1.41. The van der Waals surface area contributed by atoms with Crippen molar-refractivity contribution in [1.82, 2.24) is 10.2 Å². The molecule has 2 amide bonds. The predicted octanol–water partition coefficient (Wildman–Crippen LogP) is 8.79. The van der Waals surface area contributed by atoms with Crippen LogP contribution in [0.1, 0.15) is 95.2 Å². The van der Waals surface area contributed by atoms with Crippen molar-refractivity contribution in [3.8, 4) is 23.0 Å². The number of oxime groups is 1. The molecule has 14 nitrogen and oxygen atoms in total. The van der Waals surface area contributed by atoms with E-state index < -0.39 is 35.5 Å². The Kier molecular flexibility index (Phi) is 15.2. The second kappa shape index (κ2) is 21.0.